The van der Waals surface area contributed by atoms with E-state index >= 15 is 0 Å². The number of carbonyl (C=O) groups excluding carboxylic acids is 2. The largest absolute Gasteiger partial charge is 0.541 e. The monoisotopic (exact) mass is 185 g/mol. The fourth-order valence-corrected chi connectivity index (χ4v) is 0.741. The average molecular weight is 185 g/mol. The van der Waals surface area contributed by atoms with E-state index in [-0.39, 0.29) is 0 Å². The fourth-order valence-electron chi connectivity index (χ4n) is 0.741. The normalized spacial score (nSPS) is 12.4. The van der Waals surface area contributed by atoms with Crippen molar-refractivity contribution in [2.24, 2.45) is 5.16 Å². The van der Waals surface area contributed by atoms with Gasteiger partial charge in [-0.2, -0.15) is 0 Å². The van der Waals surface area contributed by atoms with E-state index in [1.165, 1.54) is 8.05 Å². The third-order valence-corrected chi connectivity index (χ3v) is 1.32. The third kappa shape index (κ3) is 5.00. The molecule has 5 nitrogen and oxygen atoms in total. The van der Waals surface area contributed by atoms with Gasteiger partial charge < -0.3 is 9.49 Å². The van der Waals surface area contributed by atoms with Gasteiger partial charge >= 0.3 is 14.0 Å². The topological polar surface area (TPSA) is 65.0 Å². The second kappa shape index (κ2) is 7.33. The van der Waals surface area contributed by atoms with E-state index in [1.807, 2.05) is 6.92 Å². The average Bonchev–Trinajstić information content (AvgIpc) is 2.16. The molecule has 0 spiro atoms. The van der Waals surface area contributed by atoms with E-state index in [1.54, 1.807) is 0 Å². The molecule has 0 aromatic carbocycles. The molecular formula is C7H12BNO4. The summed E-state index contributed by atoms with van der Waals surface area (Å²) in [6.45, 7) is 1.91. The van der Waals surface area contributed by atoms with Crippen LogP contribution < -0.4 is 0 Å². The summed E-state index contributed by atoms with van der Waals surface area (Å²) < 4.78 is 4.47. The number of nitrogens with zero attached hydrogens (tertiary/aromatic N) is 1. The Morgan fingerprint density at radius 1 is 1.69 bits per heavy atom. The lowest BCUT2D eigenvalue weighted by Gasteiger charge is -2.10. The van der Waals surface area contributed by atoms with Gasteiger partial charge in [0.1, 0.15) is 6.21 Å². The molecule has 0 radical (unpaired) electrons. The van der Waals surface area contributed by atoms with Crippen LogP contribution in [0.1, 0.15) is 19.8 Å². The van der Waals surface area contributed by atoms with Crippen LogP contribution in [0.5, 0.6) is 0 Å². The summed E-state index contributed by atoms with van der Waals surface area (Å²) in [4.78, 5) is 25.6. The first-order valence-corrected chi connectivity index (χ1v) is 3.97. The summed E-state index contributed by atoms with van der Waals surface area (Å²) in [7, 11) is 1.28. The maximum absolute atomic E-state index is 11.0. The molecule has 0 aliphatic heterocycles. The molecule has 0 unspecified atom stereocenters. The van der Waals surface area contributed by atoms with Crippen LogP contribution in [0.25, 0.3) is 0 Å². The standard InChI is InChI=1S/C7H12BNO4/c1-2-3-6(7(11)12-8)13-9-4-5-10/h4-6H,2-3,8H2,1H3/b9-4-/t6-/m0/s1. The molecule has 0 bridgehead atoms. The maximum Gasteiger partial charge on any atom is 0.332 e. The molecule has 0 aliphatic carbocycles. The minimum atomic E-state index is -0.716. The summed E-state index contributed by atoms with van der Waals surface area (Å²) in [5.41, 5.74) is 0. The van der Waals surface area contributed by atoms with Crippen LogP contribution in [0.15, 0.2) is 5.16 Å². The molecule has 0 amide bonds. The number of hydrogen-bond acceptors (Lipinski definition) is 5. The van der Waals surface area contributed by atoms with Crippen molar-refractivity contribution in [3.05, 3.63) is 0 Å². The zero-order valence-corrected chi connectivity index (χ0v) is 7.73. The zero-order chi connectivity index (χ0) is 10.1. The fraction of sp³-hybridized carbons (Fsp3) is 0.571. The molecule has 0 aromatic heterocycles. The van der Waals surface area contributed by atoms with Crippen LogP contribution in [0, 0.1) is 0 Å². The van der Waals surface area contributed by atoms with Crippen LogP contribution in [0.3, 0.4) is 0 Å². The summed E-state index contributed by atoms with van der Waals surface area (Å²) in [5.74, 6) is -0.482. The van der Waals surface area contributed by atoms with Crippen molar-refractivity contribution in [1.29, 1.82) is 0 Å². The minimum absolute atomic E-state index is 0.473. The van der Waals surface area contributed by atoms with Crippen molar-refractivity contribution < 1.29 is 19.1 Å². The predicted octanol–water partition coefficient (Wildman–Crippen LogP) is -0.552. The molecule has 0 rings (SSSR count). The Morgan fingerprint density at radius 2 is 2.38 bits per heavy atom. The highest BCUT2D eigenvalue weighted by Gasteiger charge is 2.18. The Bertz CT molecular complexity index is 195. The van der Waals surface area contributed by atoms with Gasteiger partial charge in [-0.3, -0.25) is 4.79 Å². The molecule has 0 saturated heterocycles. The number of carbonyl (C=O) groups is 2. The molecular weight excluding hydrogens is 173 g/mol. The third-order valence-electron chi connectivity index (χ3n) is 1.32. The van der Waals surface area contributed by atoms with Crippen molar-refractivity contribution in [3.63, 3.8) is 0 Å². The van der Waals surface area contributed by atoms with Gasteiger partial charge in [-0.15, -0.1) is 0 Å². The highest BCUT2D eigenvalue weighted by atomic mass is 16.7. The summed E-state index contributed by atoms with van der Waals surface area (Å²) >= 11 is 0. The second-order valence-electron chi connectivity index (χ2n) is 2.30. The molecule has 13 heavy (non-hydrogen) atoms. The van der Waals surface area contributed by atoms with Crippen LogP contribution >= 0.6 is 0 Å². The first-order valence-electron chi connectivity index (χ1n) is 3.97. The van der Waals surface area contributed by atoms with E-state index in [9.17, 15) is 9.59 Å². The molecule has 0 heterocycles. The highest BCUT2D eigenvalue weighted by molar-refractivity contribution is 6.12. The number of rotatable bonds is 6. The van der Waals surface area contributed by atoms with E-state index in [0.717, 1.165) is 12.6 Å². The quantitative estimate of drug-likeness (QED) is 0.241. The number of aldehydes is 1. The van der Waals surface area contributed by atoms with Gasteiger partial charge in [0.05, 0.1) is 0 Å². The van der Waals surface area contributed by atoms with Crippen molar-refractivity contribution in [2.75, 3.05) is 0 Å². The van der Waals surface area contributed by atoms with Crippen molar-refractivity contribution >= 4 is 26.5 Å². The molecule has 0 saturated carbocycles. The Hall–Kier alpha value is -1.33. The van der Waals surface area contributed by atoms with Crippen LogP contribution in [0.4, 0.5) is 0 Å². The van der Waals surface area contributed by atoms with Crippen molar-refractivity contribution in [2.45, 2.75) is 25.9 Å². The van der Waals surface area contributed by atoms with E-state index < -0.39 is 12.1 Å². The SMILES string of the molecule is BOC(=O)[C@H](CCC)O/N=C\C=O. The molecule has 0 fully saturated rings. The Kier molecular flexibility index (Phi) is 6.58. The molecule has 0 aromatic rings. The summed E-state index contributed by atoms with van der Waals surface area (Å²) in [6, 6.07) is 0. The van der Waals surface area contributed by atoms with Crippen molar-refractivity contribution in [3.8, 4) is 0 Å². The van der Waals surface area contributed by atoms with Crippen LogP contribution in [-0.4, -0.2) is 32.6 Å². The zero-order valence-electron chi connectivity index (χ0n) is 7.73. The lowest BCUT2D eigenvalue weighted by Crippen LogP contribution is -2.24. The minimum Gasteiger partial charge on any atom is -0.541 e. The van der Waals surface area contributed by atoms with Crippen LogP contribution in [0.2, 0.25) is 0 Å². The number of hydrogen-bond donors (Lipinski definition) is 0. The van der Waals surface area contributed by atoms with Gasteiger partial charge in [-0.1, -0.05) is 18.5 Å². The van der Waals surface area contributed by atoms with E-state index in [2.05, 4.69) is 9.81 Å². The molecule has 6 heteroatoms. The molecule has 0 N–H and O–H groups in total. The highest BCUT2D eigenvalue weighted by Crippen LogP contribution is 2.03. The first-order chi connectivity index (χ1) is 6.26. The summed E-state index contributed by atoms with van der Waals surface area (Å²) in [6.07, 6.45) is 1.98. The summed E-state index contributed by atoms with van der Waals surface area (Å²) in [5, 5.41) is 3.28. The molecule has 72 valence electrons. The lowest BCUT2D eigenvalue weighted by atomic mass is 10.2. The molecule has 1 atom stereocenters. The van der Waals surface area contributed by atoms with E-state index in [0.29, 0.717) is 12.7 Å². The maximum atomic E-state index is 11.0. The van der Waals surface area contributed by atoms with Gasteiger partial charge in [0.15, 0.2) is 6.29 Å². The van der Waals surface area contributed by atoms with Gasteiger partial charge in [0.2, 0.25) is 6.10 Å². The predicted molar refractivity (Wildman–Crippen MR) is 49.0 cm³/mol. The van der Waals surface area contributed by atoms with Crippen LogP contribution in [-0.2, 0) is 19.1 Å². The first kappa shape index (κ1) is 11.7. The van der Waals surface area contributed by atoms with Gasteiger partial charge in [-0.05, 0) is 6.42 Å². The number of oxime groups is 1. The van der Waals surface area contributed by atoms with Gasteiger partial charge in [0.25, 0.3) is 0 Å². The van der Waals surface area contributed by atoms with Gasteiger partial charge in [-0.25, -0.2) is 4.79 Å². The Labute approximate surface area is 77.5 Å². The smallest absolute Gasteiger partial charge is 0.332 e. The van der Waals surface area contributed by atoms with Crippen molar-refractivity contribution in [1.82, 2.24) is 0 Å². The Morgan fingerprint density at radius 3 is 2.85 bits per heavy atom. The van der Waals surface area contributed by atoms with Gasteiger partial charge in [0, 0.05) is 0 Å². The second-order valence-corrected chi connectivity index (χ2v) is 2.30. The molecule has 0 aliphatic rings. The Balaban J connectivity index is 4.00. The van der Waals surface area contributed by atoms with E-state index in [4.69, 9.17) is 4.84 Å². The lowest BCUT2D eigenvalue weighted by molar-refractivity contribution is -0.147.